The molecule has 35 heavy (non-hydrogen) atoms. The molecule has 0 unspecified atom stereocenters. The summed E-state index contributed by atoms with van der Waals surface area (Å²) in [5, 5.41) is 14.4. The molecule has 2 heterocycles. The smallest absolute Gasteiger partial charge is 0.327 e. The summed E-state index contributed by atoms with van der Waals surface area (Å²) in [4.78, 5) is 26.6. The van der Waals surface area contributed by atoms with Crippen molar-refractivity contribution in [1.29, 1.82) is 0 Å². The van der Waals surface area contributed by atoms with Crippen LogP contribution in [0.3, 0.4) is 0 Å². The number of carbonyl (C=O) groups is 2. The van der Waals surface area contributed by atoms with Crippen molar-refractivity contribution in [2.24, 2.45) is 5.92 Å². The van der Waals surface area contributed by atoms with Crippen LogP contribution in [0.25, 0.3) is 11.8 Å². The molecule has 1 aliphatic rings. The molecule has 1 saturated heterocycles. The van der Waals surface area contributed by atoms with Crippen molar-refractivity contribution in [3.63, 3.8) is 0 Å². The molecule has 1 atom stereocenters. The van der Waals surface area contributed by atoms with Crippen LogP contribution in [0.15, 0.2) is 64.0 Å². The number of halogens is 1. The maximum atomic E-state index is 13.3. The number of aryl methyl sites for hydroxylation is 1. The summed E-state index contributed by atoms with van der Waals surface area (Å²) in [6.45, 7) is 5.33. The second-order valence-electron chi connectivity index (χ2n) is 8.19. The molecule has 2 aromatic carbocycles. The average molecular weight is 573 g/mol. The molecule has 1 aromatic heterocycles. The highest BCUT2D eigenvalue weighted by Gasteiger charge is 2.42. The molecule has 0 spiro atoms. The van der Waals surface area contributed by atoms with E-state index in [1.165, 1.54) is 4.90 Å². The molecule has 0 radical (unpaired) electrons. The molecule has 0 aliphatic carbocycles. The Kier molecular flexibility index (Phi) is 7.44. The molecule has 0 bridgehead atoms. The zero-order valence-electron chi connectivity index (χ0n) is 19.1. The van der Waals surface area contributed by atoms with Crippen molar-refractivity contribution < 1.29 is 19.4 Å². The van der Waals surface area contributed by atoms with Crippen molar-refractivity contribution in [3.8, 4) is 17.3 Å². The van der Waals surface area contributed by atoms with Crippen molar-refractivity contribution in [3.05, 3.63) is 75.2 Å². The van der Waals surface area contributed by atoms with Gasteiger partial charge in [-0.1, -0.05) is 72.0 Å². The van der Waals surface area contributed by atoms with Crippen molar-refractivity contribution >= 4 is 62.2 Å². The summed E-state index contributed by atoms with van der Waals surface area (Å²) in [6, 6.07) is 15.9. The van der Waals surface area contributed by atoms with Gasteiger partial charge in [0.15, 0.2) is 0 Å². The topological polar surface area (TPSA) is 84.7 Å². The number of carboxylic acids is 1. The van der Waals surface area contributed by atoms with Crippen LogP contribution in [0.1, 0.15) is 25.1 Å². The van der Waals surface area contributed by atoms with Gasteiger partial charge in [0.1, 0.15) is 16.1 Å². The molecule has 3 aromatic rings. The predicted molar refractivity (Wildman–Crippen MR) is 144 cm³/mol. The van der Waals surface area contributed by atoms with Gasteiger partial charge in [0.2, 0.25) is 5.88 Å². The second kappa shape index (κ2) is 10.3. The third-order valence-electron chi connectivity index (χ3n) is 5.35. The lowest BCUT2D eigenvalue weighted by Gasteiger charge is -2.26. The Bertz CT molecular complexity index is 1320. The van der Waals surface area contributed by atoms with Crippen molar-refractivity contribution in [2.75, 3.05) is 0 Å². The normalized spacial score (nSPS) is 15.8. The first-order valence-corrected chi connectivity index (χ1v) is 12.8. The van der Waals surface area contributed by atoms with Crippen LogP contribution in [-0.2, 0) is 9.59 Å². The number of para-hydroxylation sites is 1. The third kappa shape index (κ3) is 5.19. The fourth-order valence-electron chi connectivity index (χ4n) is 3.69. The Balaban J connectivity index is 1.80. The van der Waals surface area contributed by atoms with E-state index in [0.29, 0.717) is 27.8 Å². The van der Waals surface area contributed by atoms with Gasteiger partial charge in [-0.2, -0.15) is 9.78 Å². The molecule has 1 fully saturated rings. The largest absolute Gasteiger partial charge is 0.480 e. The lowest BCUT2D eigenvalue weighted by molar-refractivity contribution is -0.146. The first kappa shape index (κ1) is 25.2. The molecule has 1 amide bonds. The van der Waals surface area contributed by atoms with Crippen LogP contribution >= 0.6 is 39.9 Å². The van der Waals surface area contributed by atoms with Crippen LogP contribution in [-0.4, -0.2) is 42.0 Å². The SMILES string of the molecule is Cc1nn(-c2ccccc2)c(Oc2ccc(Br)cc2)c1/C=C1\SC(=S)N([C@H](C(=O)O)C(C)C)C1=O. The van der Waals surface area contributed by atoms with Crippen molar-refractivity contribution in [1.82, 2.24) is 14.7 Å². The van der Waals surface area contributed by atoms with Crippen LogP contribution in [0.5, 0.6) is 11.6 Å². The second-order valence-corrected chi connectivity index (χ2v) is 10.8. The Morgan fingerprint density at radius 1 is 1.17 bits per heavy atom. The van der Waals surface area contributed by atoms with Gasteiger partial charge in [0.25, 0.3) is 5.91 Å². The predicted octanol–water partition coefficient (Wildman–Crippen LogP) is 6.05. The highest BCUT2D eigenvalue weighted by molar-refractivity contribution is 9.10. The molecule has 7 nitrogen and oxygen atoms in total. The number of aromatic nitrogens is 2. The number of amides is 1. The minimum absolute atomic E-state index is 0.214. The van der Waals surface area contributed by atoms with E-state index in [0.717, 1.165) is 21.9 Å². The lowest BCUT2D eigenvalue weighted by Crippen LogP contribution is -2.47. The molecule has 0 saturated carbocycles. The van der Waals surface area contributed by atoms with E-state index in [2.05, 4.69) is 21.0 Å². The number of carboxylic acid groups (broad SMARTS) is 1. The fraction of sp³-hybridized carbons (Fsp3) is 0.200. The van der Waals surface area contributed by atoms with Gasteiger partial charge in [-0.05, 0) is 55.3 Å². The number of benzene rings is 2. The first-order valence-electron chi connectivity index (χ1n) is 10.8. The quantitative estimate of drug-likeness (QED) is 0.273. The zero-order valence-corrected chi connectivity index (χ0v) is 22.4. The third-order valence-corrected chi connectivity index (χ3v) is 7.21. The van der Waals surface area contributed by atoms with E-state index in [9.17, 15) is 14.7 Å². The standard InChI is InChI=1S/C25H22BrN3O4S2/c1-14(2)21(24(31)32)28-22(30)20(35-25(28)34)13-19-15(3)27-29(17-7-5-4-6-8-17)23(19)33-18-11-9-16(26)10-12-18/h4-14,21H,1-3H3,(H,31,32)/b20-13-/t21-/m0/s1. The number of thiocarbonyl (C=S) groups is 1. The Hall–Kier alpha value is -2.95. The molecule has 4 rings (SSSR count). The number of hydrogen-bond acceptors (Lipinski definition) is 6. The number of carbonyl (C=O) groups excluding carboxylic acids is 1. The Morgan fingerprint density at radius 2 is 1.83 bits per heavy atom. The molecule has 180 valence electrons. The summed E-state index contributed by atoms with van der Waals surface area (Å²) >= 11 is 9.90. The van der Waals surface area contributed by atoms with Gasteiger partial charge < -0.3 is 9.84 Å². The van der Waals surface area contributed by atoms with Crippen LogP contribution in [0.4, 0.5) is 0 Å². The zero-order chi connectivity index (χ0) is 25.3. The summed E-state index contributed by atoms with van der Waals surface area (Å²) in [5.41, 5.74) is 2.04. The van der Waals surface area contributed by atoms with Crippen LogP contribution in [0, 0.1) is 12.8 Å². The van der Waals surface area contributed by atoms with Gasteiger partial charge in [-0.3, -0.25) is 9.69 Å². The maximum absolute atomic E-state index is 13.3. The summed E-state index contributed by atoms with van der Waals surface area (Å²) < 4.78 is 9.08. The average Bonchev–Trinajstić information content (AvgIpc) is 3.26. The van der Waals surface area contributed by atoms with E-state index in [1.54, 1.807) is 24.6 Å². The molecule has 10 heteroatoms. The number of thioether (sulfide) groups is 1. The van der Waals surface area contributed by atoms with E-state index in [-0.39, 0.29) is 10.2 Å². The van der Waals surface area contributed by atoms with Gasteiger partial charge in [0.05, 0.1) is 21.8 Å². The lowest BCUT2D eigenvalue weighted by atomic mass is 10.0. The van der Waals surface area contributed by atoms with E-state index < -0.39 is 17.9 Å². The van der Waals surface area contributed by atoms with E-state index in [4.69, 9.17) is 17.0 Å². The Labute approximate surface area is 220 Å². The number of rotatable bonds is 7. The van der Waals surface area contributed by atoms with Gasteiger partial charge in [-0.15, -0.1) is 0 Å². The van der Waals surface area contributed by atoms with Gasteiger partial charge in [-0.25, -0.2) is 4.79 Å². The summed E-state index contributed by atoms with van der Waals surface area (Å²) in [5.74, 6) is -0.821. The van der Waals surface area contributed by atoms with E-state index in [1.807, 2.05) is 61.5 Å². The van der Waals surface area contributed by atoms with E-state index >= 15 is 0 Å². The minimum Gasteiger partial charge on any atom is -0.480 e. The molecule has 1 N–H and O–H groups in total. The molecular formula is C25H22BrN3O4S2. The number of nitrogens with zero attached hydrogens (tertiary/aromatic N) is 3. The van der Waals surface area contributed by atoms with Crippen LogP contribution < -0.4 is 4.74 Å². The fourth-order valence-corrected chi connectivity index (χ4v) is 5.26. The minimum atomic E-state index is -1.09. The Morgan fingerprint density at radius 3 is 2.43 bits per heavy atom. The highest BCUT2D eigenvalue weighted by atomic mass is 79.9. The number of aliphatic carboxylic acids is 1. The molecule has 1 aliphatic heterocycles. The number of ether oxygens (including phenoxy) is 1. The number of hydrogen-bond donors (Lipinski definition) is 1. The summed E-state index contributed by atoms with van der Waals surface area (Å²) in [7, 11) is 0. The van der Waals surface area contributed by atoms with Crippen LogP contribution in [0.2, 0.25) is 0 Å². The van der Waals surface area contributed by atoms with Gasteiger partial charge >= 0.3 is 5.97 Å². The maximum Gasteiger partial charge on any atom is 0.327 e. The summed E-state index contributed by atoms with van der Waals surface area (Å²) in [6.07, 6.45) is 1.68. The first-order chi connectivity index (χ1) is 16.7. The van der Waals surface area contributed by atoms with Crippen molar-refractivity contribution in [2.45, 2.75) is 26.8 Å². The van der Waals surface area contributed by atoms with Gasteiger partial charge in [0, 0.05) is 4.47 Å². The highest BCUT2D eigenvalue weighted by Crippen LogP contribution is 2.39. The molecular weight excluding hydrogens is 550 g/mol. The monoisotopic (exact) mass is 571 g/mol.